The lowest BCUT2D eigenvalue weighted by Gasteiger charge is -2.31. The molecule has 0 unspecified atom stereocenters. The first-order valence-corrected chi connectivity index (χ1v) is 7.35. The summed E-state index contributed by atoms with van der Waals surface area (Å²) >= 11 is 0. The van der Waals surface area contributed by atoms with Crippen LogP contribution < -0.4 is 0 Å². The molecule has 7 heteroatoms. The normalized spacial score (nSPS) is 18.5. The SMILES string of the molecule is CCCN(CC(=O)O)S(=O)(=O)N1CCCCC1. The number of rotatable bonds is 6. The Morgan fingerprint density at radius 2 is 1.88 bits per heavy atom. The van der Waals surface area contributed by atoms with E-state index in [0.717, 1.165) is 23.6 Å². The van der Waals surface area contributed by atoms with E-state index in [1.807, 2.05) is 6.92 Å². The van der Waals surface area contributed by atoms with E-state index in [1.165, 1.54) is 4.31 Å². The predicted molar refractivity (Wildman–Crippen MR) is 63.8 cm³/mol. The second kappa shape index (κ2) is 6.32. The molecule has 1 heterocycles. The van der Waals surface area contributed by atoms with E-state index < -0.39 is 22.7 Å². The van der Waals surface area contributed by atoms with Crippen molar-refractivity contribution in [2.75, 3.05) is 26.2 Å². The number of carbonyl (C=O) groups is 1. The molecule has 6 nitrogen and oxygen atoms in total. The largest absolute Gasteiger partial charge is 0.480 e. The summed E-state index contributed by atoms with van der Waals surface area (Å²) < 4.78 is 26.9. The third kappa shape index (κ3) is 3.93. The topological polar surface area (TPSA) is 77.9 Å². The van der Waals surface area contributed by atoms with Crippen molar-refractivity contribution in [3.8, 4) is 0 Å². The first kappa shape index (κ1) is 14.4. The molecule has 0 aromatic rings. The van der Waals surface area contributed by atoms with Gasteiger partial charge in [-0.15, -0.1) is 0 Å². The van der Waals surface area contributed by atoms with Crippen LogP contribution in [0, 0.1) is 0 Å². The van der Waals surface area contributed by atoms with Crippen molar-refractivity contribution in [3.63, 3.8) is 0 Å². The van der Waals surface area contributed by atoms with Gasteiger partial charge in [0, 0.05) is 19.6 Å². The number of carboxylic acid groups (broad SMARTS) is 1. The van der Waals surface area contributed by atoms with E-state index in [0.29, 0.717) is 19.5 Å². The molecule has 1 rings (SSSR count). The van der Waals surface area contributed by atoms with Crippen LogP contribution in [0.15, 0.2) is 0 Å². The molecule has 0 aromatic heterocycles. The Hall–Kier alpha value is -0.660. The standard InChI is InChI=1S/C10H20N2O4S/c1-2-6-12(9-10(13)14)17(15,16)11-7-4-3-5-8-11/h2-9H2,1H3,(H,13,14). The lowest BCUT2D eigenvalue weighted by molar-refractivity contribution is -0.137. The highest BCUT2D eigenvalue weighted by atomic mass is 32.2. The zero-order valence-corrected chi connectivity index (χ0v) is 10.9. The summed E-state index contributed by atoms with van der Waals surface area (Å²) in [7, 11) is -3.60. The first-order chi connectivity index (χ1) is 7.98. The Labute approximate surface area is 102 Å². The molecule has 0 aliphatic carbocycles. The molecule has 0 atom stereocenters. The van der Waals surface area contributed by atoms with Crippen LogP contribution in [0.25, 0.3) is 0 Å². The molecule has 17 heavy (non-hydrogen) atoms. The van der Waals surface area contributed by atoms with E-state index in [4.69, 9.17) is 5.11 Å². The maximum atomic E-state index is 12.2. The zero-order chi connectivity index (χ0) is 12.9. The average molecular weight is 264 g/mol. The summed E-state index contributed by atoms with van der Waals surface area (Å²) in [4.78, 5) is 10.7. The van der Waals surface area contributed by atoms with Crippen LogP contribution in [0.5, 0.6) is 0 Å². The minimum absolute atomic E-state index is 0.255. The minimum atomic E-state index is -3.60. The van der Waals surface area contributed by atoms with Gasteiger partial charge in [0.15, 0.2) is 0 Å². The van der Waals surface area contributed by atoms with Crippen molar-refractivity contribution < 1.29 is 18.3 Å². The van der Waals surface area contributed by atoms with Crippen LogP contribution in [0.4, 0.5) is 0 Å². The van der Waals surface area contributed by atoms with Crippen molar-refractivity contribution in [1.29, 1.82) is 0 Å². The van der Waals surface area contributed by atoms with E-state index in [1.54, 1.807) is 0 Å². The molecular formula is C10H20N2O4S. The molecule has 0 aromatic carbocycles. The molecule has 1 saturated heterocycles. The number of carboxylic acids is 1. The van der Waals surface area contributed by atoms with Gasteiger partial charge in [0.05, 0.1) is 0 Å². The fourth-order valence-corrected chi connectivity index (χ4v) is 3.67. The van der Waals surface area contributed by atoms with E-state index in [-0.39, 0.29) is 6.54 Å². The molecule has 1 N–H and O–H groups in total. The number of piperidine rings is 1. The number of hydrogen-bond donors (Lipinski definition) is 1. The summed E-state index contributed by atoms with van der Waals surface area (Å²) in [5.41, 5.74) is 0. The zero-order valence-electron chi connectivity index (χ0n) is 10.1. The van der Waals surface area contributed by atoms with E-state index in [2.05, 4.69) is 0 Å². The Bertz CT molecular complexity index is 349. The summed E-state index contributed by atoms with van der Waals surface area (Å²) in [6, 6.07) is 0. The second-order valence-electron chi connectivity index (χ2n) is 4.19. The van der Waals surface area contributed by atoms with Gasteiger partial charge in [-0.3, -0.25) is 4.79 Å². The Morgan fingerprint density at radius 3 is 2.35 bits per heavy atom. The molecule has 1 aliphatic rings. The lowest BCUT2D eigenvalue weighted by Crippen LogP contribution is -2.47. The maximum Gasteiger partial charge on any atom is 0.318 e. The van der Waals surface area contributed by atoms with Gasteiger partial charge in [0.25, 0.3) is 10.2 Å². The molecule has 0 saturated carbocycles. The van der Waals surface area contributed by atoms with Gasteiger partial charge in [-0.25, -0.2) is 0 Å². The molecule has 0 bridgehead atoms. The van der Waals surface area contributed by atoms with Gasteiger partial charge in [-0.1, -0.05) is 13.3 Å². The summed E-state index contributed by atoms with van der Waals surface area (Å²) in [5, 5.41) is 8.75. The van der Waals surface area contributed by atoms with E-state index in [9.17, 15) is 13.2 Å². The first-order valence-electron chi connectivity index (χ1n) is 5.95. The van der Waals surface area contributed by atoms with Crippen LogP contribution in [0.3, 0.4) is 0 Å². The van der Waals surface area contributed by atoms with Crippen LogP contribution in [-0.2, 0) is 15.0 Å². The monoisotopic (exact) mass is 264 g/mol. The lowest BCUT2D eigenvalue weighted by atomic mass is 10.2. The molecular weight excluding hydrogens is 244 g/mol. The molecule has 0 radical (unpaired) electrons. The third-order valence-corrected chi connectivity index (χ3v) is 4.73. The van der Waals surface area contributed by atoms with Crippen LogP contribution in [-0.4, -0.2) is 54.3 Å². The predicted octanol–water partition coefficient (Wildman–Crippen LogP) is 0.514. The van der Waals surface area contributed by atoms with Crippen molar-refractivity contribution >= 4 is 16.2 Å². The maximum absolute atomic E-state index is 12.2. The van der Waals surface area contributed by atoms with Crippen molar-refractivity contribution in [2.24, 2.45) is 0 Å². The molecule has 1 fully saturated rings. The smallest absolute Gasteiger partial charge is 0.318 e. The van der Waals surface area contributed by atoms with Gasteiger partial charge in [0.2, 0.25) is 0 Å². The van der Waals surface area contributed by atoms with Crippen molar-refractivity contribution in [2.45, 2.75) is 32.6 Å². The Balaban J connectivity index is 2.78. The van der Waals surface area contributed by atoms with Gasteiger partial charge in [0.1, 0.15) is 6.54 Å². The highest BCUT2D eigenvalue weighted by Gasteiger charge is 2.31. The molecule has 1 aliphatic heterocycles. The fourth-order valence-electron chi connectivity index (χ4n) is 1.94. The highest BCUT2D eigenvalue weighted by molar-refractivity contribution is 7.86. The number of aliphatic carboxylic acids is 1. The second-order valence-corrected chi connectivity index (χ2v) is 6.12. The van der Waals surface area contributed by atoms with Crippen LogP contribution in [0.2, 0.25) is 0 Å². The van der Waals surface area contributed by atoms with Gasteiger partial charge >= 0.3 is 5.97 Å². The van der Waals surface area contributed by atoms with E-state index >= 15 is 0 Å². The van der Waals surface area contributed by atoms with Crippen molar-refractivity contribution in [1.82, 2.24) is 8.61 Å². The molecule has 0 spiro atoms. The summed E-state index contributed by atoms with van der Waals surface area (Å²) in [6.07, 6.45) is 3.36. The van der Waals surface area contributed by atoms with Gasteiger partial charge in [-0.2, -0.15) is 17.0 Å². The Kier molecular flexibility index (Phi) is 5.35. The quantitative estimate of drug-likeness (QED) is 0.758. The third-order valence-electron chi connectivity index (χ3n) is 2.75. The Morgan fingerprint density at radius 1 is 1.29 bits per heavy atom. The van der Waals surface area contributed by atoms with Crippen molar-refractivity contribution in [3.05, 3.63) is 0 Å². The van der Waals surface area contributed by atoms with Gasteiger partial charge in [-0.05, 0) is 19.3 Å². The van der Waals surface area contributed by atoms with Crippen LogP contribution >= 0.6 is 0 Å². The average Bonchev–Trinajstić information content (AvgIpc) is 2.29. The highest BCUT2D eigenvalue weighted by Crippen LogP contribution is 2.16. The number of nitrogens with zero attached hydrogens (tertiary/aromatic N) is 2. The summed E-state index contributed by atoms with van der Waals surface area (Å²) in [5.74, 6) is -1.11. The molecule has 0 amide bonds. The molecule has 100 valence electrons. The minimum Gasteiger partial charge on any atom is -0.480 e. The van der Waals surface area contributed by atoms with Gasteiger partial charge < -0.3 is 5.11 Å². The summed E-state index contributed by atoms with van der Waals surface area (Å²) in [6.45, 7) is 2.64. The number of hydrogen-bond acceptors (Lipinski definition) is 3. The fraction of sp³-hybridized carbons (Fsp3) is 0.900. The van der Waals surface area contributed by atoms with Crippen LogP contribution in [0.1, 0.15) is 32.6 Å².